The summed E-state index contributed by atoms with van der Waals surface area (Å²) in [5.41, 5.74) is 1.52. The molecule has 2 aliphatic heterocycles. The standard InChI is InChI=1S/C18H25N3O4S/c1-4-11(2)16(24)20-6-5-12-13(9-20)26-18-15(12)17(25)19(3)10-14(23)21(18)7-8-22/h11,22H,4-10H2,1-3H3. The number of rotatable bonds is 4. The Kier molecular flexibility index (Phi) is 5.34. The molecule has 3 rings (SSSR count). The van der Waals surface area contributed by atoms with Gasteiger partial charge in [0.2, 0.25) is 11.8 Å². The van der Waals surface area contributed by atoms with Gasteiger partial charge in [-0.2, -0.15) is 0 Å². The van der Waals surface area contributed by atoms with Crippen LogP contribution in [0, 0.1) is 5.92 Å². The number of carbonyl (C=O) groups is 3. The highest BCUT2D eigenvalue weighted by Gasteiger charge is 2.37. The number of amides is 3. The third-order valence-electron chi connectivity index (χ3n) is 5.19. The van der Waals surface area contributed by atoms with Crippen molar-refractivity contribution in [2.24, 2.45) is 5.92 Å². The summed E-state index contributed by atoms with van der Waals surface area (Å²) in [6.07, 6.45) is 1.41. The van der Waals surface area contributed by atoms with E-state index in [0.717, 1.165) is 16.9 Å². The molecule has 0 radical (unpaired) electrons. The zero-order valence-corrected chi connectivity index (χ0v) is 16.3. The number of hydrogen-bond donors (Lipinski definition) is 1. The Morgan fingerprint density at radius 3 is 2.69 bits per heavy atom. The number of nitrogens with zero attached hydrogens (tertiary/aromatic N) is 3. The van der Waals surface area contributed by atoms with Crippen LogP contribution in [0.2, 0.25) is 0 Å². The first-order chi connectivity index (χ1) is 12.4. The molecule has 0 saturated carbocycles. The largest absolute Gasteiger partial charge is 0.395 e. The monoisotopic (exact) mass is 379 g/mol. The normalized spacial score (nSPS) is 18.5. The number of β-amino-alcohol motifs (C(OH)–C–C–N with tert-alkyl or cyclic N) is 1. The molecule has 142 valence electrons. The van der Waals surface area contributed by atoms with Gasteiger partial charge in [0.15, 0.2) is 0 Å². The number of hydrogen-bond acceptors (Lipinski definition) is 5. The molecule has 7 nitrogen and oxygen atoms in total. The van der Waals surface area contributed by atoms with Crippen molar-refractivity contribution < 1.29 is 19.5 Å². The van der Waals surface area contributed by atoms with E-state index in [1.54, 1.807) is 7.05 Å². The number of thiophene rings is 1. The van der Waals surface area contributed by atoms with Gasteiger partial charge >= 0.3 is 0 Å². The van der Waals surface area contributed by atoms with Gasteiger partial charge in [-0.1, -0.05) is 13.8 Å². The summed E-state index contributed by atoms with van der Waals surface area (Å²) in [6, 6.07) is 0. The molecule has 1 atom stereocenters. The molecule has 3 heterocycles. The van der Waals surface area contributed by atoms with Crippen molar-refractivity contribution in [2.45, 2.75) is 33.2 Å². The second-order valence-electron chi connectivity index (χ2n) is 6.93. The van der Waals surface area contributed by atoms with E-state index >= 15 is 0 Å². The van der Waals surface area contributed by atoms with Crippen LogP contribution in [0.5, 0.6) is 0 Å². The number of carbonyl (C=O) groups excluding carboxylic acids is 3. The van der Waals surface area contributed by atoms with Crippen LogP contribution in [0.4, 0.5) is 5.00 Å². The zero-order valence-electron chi connectivity index (χ0n) is 15.4. The number of aliphatic hydroxyl groups excluding tert-OH is 1. The minimum atomic E-state index is -0.195. The SMILES string of the molecule is CCC(C)C(=O)N1CCc2c(sc3c2C(=O)N(C)CC(=O)N3CCO)C1. The van der Waals surface area contributed by atoms with E-state index in [1.165, 1.54) is 21.1 Å². The minimum Gasteiger partial charge on any atom is -0.395 e. The lowest BCUT2D eigenvalue weighted by molar-refractivity contribution is -0.136. The number of likely N-dealkylation sites (N-methyl/N-ethyl adjacent to an activating group) is 1. The van der Waals surface area contributed by atoms with E-state index < -0.39 is 0 Å². The van der Waals surface area contributed by atoms with Gasteiger partial charge in [0.25, 0.3) is 5.91 Å². The van der Waals surface area contributed by atoms with Gasteiger partial charge in [0.05, 0.1) is 18.7 Å². The summed E-state index contributed by atoms with van der Waals surface area (Å²) in [4.78, 5) is 43.6. The average Bonchev–Trinajstić information content (AvgIpc) is 2.98. The van der Waals surface area contributed by atoms with Gasteiger partial charge in [-0.15, -0.1) is 11.3 Å². The molecular weight excluding hydrogens is 354 g/mol. The first kappa shape index (κ1) is 18.8. The van der Waals surface area contributed by atoms with Crippen molar-refractivity contribution in [1.29, 1.82) is 0 Å². The van der Waals surface area contributed by atoms with Gasteiger partial charge < -0.3 is 14.9 Å². The Morgan fingerprint density at radius 2 is 2.04 bits per heavy atom. The molecule has 1 aromatic heterocycles. The van der Waals surface area contributed by atoms with Crippen LogP contribution in [-0.2, 0) is 22.6 Å². The number of aliphatic hydroxyl groups is 1. The molecule has 3 amide bonds. The Labute approximate surface area is 157 Å². The van der Waals surface area contributed by atoms with Crippen molar-refractivity contribution in [3.63, 3.8) is 0 Å². The van der Waals surface area contributed by atoms with E-state index in [0.29, 0.717) is 30.1 Å². The fraction of sp³-hybridized carbons (Fsp3) is 0.611. The van der Waals surface area contributed by atoms with E-state index in [4.69, 9.17) is 0 Å². The molecule has 1 aromatic rings. The van der Waals surface area contributed by atoms with Crippen LogP contribution in [0.1, 0.15) is 41.1 Å². The Bertz CT molecular complexity index is 745. The van der Waals surface area contributed by atoms with Gasteiger partial charge in [-0.3, -0.25) is 19.3 Å². The van der Waals surface area contributed by atoms with E-state index in [9.17, 15) is 19.5 Å². The van der Waals surface area contributed by atoms with Gasteiger partial charge in [-0.05, 0) is 18.4 Å². The highest BCUT2D eigenvalue weighted by Crippen LogP contribution is 2.41. The fourth-order valence-corrected chi connectivity index (χ4v) is 4.86. The summed E-state index contributed by atoms with van der Waals surface area (Å²) in [6.45, 7) is 5.01. The Morgan fingerprint density at radius 1 is 1.31 bits per heavy atom. The lowest BCUT2D eigenvalue weighted by atomic mass is 10.00. The molecule has 1 N–H and O–H groups in total. The quantitative estimate of drug-likeness (QED) is 0.849. The van der Waals surface area contributed by atoms with Crippen LogP contribution in [0.3, 0.4) is 0 Å². The highest BCUT2D eigenvalue weighted by molar-refractivity contribution is 7.17. The van der Waals surface area contributed by atoms with Crippen LogP contribution >= 0.6 is 11.3 Å². The molecule has 0 bridgehead atoms. The van der Waals surface area contributed by atoms with Crippen molar-refractivity contribution in [1.82, 2.24) is 9.80 Å². The van der Waals surface area contributed by atoms with E-state index in [2.05, 4.69) is 0 Å². The second kappa shape index (κ2) is 7.36. The summed E-state index contributed by atoms with van der Waals surface area (Å²) in [5, 5.41) is 9.96. The van der Waals surface area contributed by atoms with Crippen LogP contribution < -0.4 is 4.90 Å². The van der Waals surface area contributed by atoms with Crippen molar-refractivity contribution in [3.05, 3.63) is 16.0 Å². The maximum atomic E-state index is 12.8. The lowest BCUT2D eigenvalue weighted by Crippen LogP contribution is -2.39. The summed E-state index contributed by atoms with van der Waals surface area (Å²) < 4.78 is 0. The van der Waals surface area contributed by atoms with Crippen molar-refractivity contribution in [2.75, 3.05) is 38.2 Å². The molecule has 0 fully saturated rings. The van der Waals surface area contributed by atoms with Crippen molar-refractivity contribution in [3.8, 4) is 0 Å². The van der Waals surface area contributed by atoms with Crippen LogP contribution in [0.25, 0.3) is 0 Å². The molecular formula is C18H25N3O4S. The average molecular weight is 379 g/mol. The summed E-state index contributed by atoms with van der Waals surface area (Å²) in [5.74, 6) is -0.240. The number of anilines is 1. The summed E-state index contributed by atoms with van der Waals surface area (Å²) in [7, 11) is 1.62. The maximum Gasteiger partial charge on any atom is 0.257 e. The molecule has 0 spiro atoms. The van der Waals surface area contributed by atoms with Gasteiger partial charge in [0, 0.05) is 30.9 Å². The Balaban J connectivity index is 2.00. The molecule has 26 heavy (non-hydrogen) atoms. The van der Waals surface area contributed by atoms with Crippen molar-refractivity contribution >= 4 is 34.1 Å². The topological polar surface area (TPSA) is 81.2 Å². The second-order valence-corrected chi connectivity index (χ2v) is 8.02. The number of fused-ring (bicyclic) bond motifs is 3. The molecule has 8 heteroatoms. The Hall–Kier alpha value is -1.93. The summed E-state index contributed by atoms with van der Waals surface area (Å²) >= 11 is 1.40. The highest BCUT2D eigenvalue weighted by atomic mass is 32.1. The lowest BCUT2D eigenvalue weighted by Gasteiger charge is -2.29. The molecule has 0 aromatic carbocycles. The molecule has 0 aliphatic carbocycles. The van der Waals surface area contributed by atoms with Gasteiger partial charge in [-0.25, -0.2) is 0 Å². The maximum absolute atomic E-state index is 12.8. The first-order valence-corrected chi connectivity index (χ1v) is 9.80. The predicted octanol–water partition coefficient (Wildman–Crippen LogP) is 1.09. The molecule has 2 aliphatic rings. The zero-order chi connectivity index (χ0) is 19.0. The fourth-order valence-electron chi connectivity index (χ4n) is 3.46. The smallest absolute Gasteiger partial charge is 0.257 e. The van der Waals surface area contributed by atoms with Crippen LogP contribution in [-0.4, -0.2) is 65.9 Å². The third-order valence-corrected chi connectivity index (χ3v) is 6.43. The van der Waals surface area contributed by atoms with E-state index in [1.807, 2.05) is 18.7 Å². The van der Waals surface area contributed by atoms with Gasteiger partial charge in [0.1, 0.15) is 11.5 Å². The minimum absolute atomic E-state index is 0.00757. The molecule has 0 saturated heterocycles. The van der Waals surface area contributed by atoms with E-state index in [-0.39, 0.29) is 43.3 Å². The van der Waals surface area contributed by atoms with Crippen LogP contribution in [0.15, 0.2) is 0 Å². The predicted molar refractivity (Wildman–Crippen MR) is 99.3 cm³/mol. The first-order valence-electron chi connectivity index (χ1n) is 8.99. The molecule has 1 unspecified atom stereocenters. The third kappa shape index (κ3) is 3.12.